The van der Waals surface area contributed by atoms with Crippen LogP contribution >= 0.6 is 0 Å². The van der Waals surface area contributed by atoms with Gasteiger partial charge in [0, 0.05) is 0 Å². The van der Waals surface area contributed by atoms with Gasteiger partial charge in [0.05, 0.1) is 17.9 Å². The van der Waals surface area contributed by atoms with Crippen molar-refractivity contribution in [3.63, 3.8) is 0 Å². The Morgan fingerprint density at radius 1 is 1.50 bits per heavy atom. The molecule has 2 heterocycles. The van der Waals surface area contributed by atoms with Gasteiger partial charge in [0.1, 0.15) is 6.54 Å². The highest BCUT2D eigenvalue weighted by Crippen LogP contribution is 2.20. The minimum Gasteiger partial charge on any atom is -0.480 e. The third-order valence-electron chi connectivity index (χ3n) is 2.36. The molecule has 0 aromatic carbocycles. The normalized spacial score (nSPS) is 19.1. The highest BCUT2D eigenvalue weighted by Gasteiger charge is 2.29. The van der Waals surface area contributed by atoms with Crippen LogP contribution in [0.25, 0.3) is 0 Å². The van der Waals surface area contributed by atoms with Crippen molar-refractivity contribution in [2.24, 2.45) is 5.73 Å². The van der Waals surface area contributed by atoms with Crippen molar-refractivity contribution in [1.29, 1.82) is 0 Å². The first-order chi connectivity index (χ1) is 7.59. The average molecular weight is 221 g/mol. The van der Waals surface area contributed by atoms with E-state index < -0.39 is 18.4 Å². The lowest BCUT2D eigenvalue weighted by atomic mass is 10.3. The van der Waals surface area contributed by atoms with Crippen LogP contribution < -0.4 is 5.73 Å². The summed E-state index contributed by atoms with van der Waals surface area (Å²) in [6.07, 6.45) is 6.85. The Morgan fingerprint density at radius 2 is 2.25 bits per heavy atom. The van der Waals surface area contributed by atoms with Crippen molar-refractivity contribution < 1.29 is 14.7 Å². The van der Waals surface area contributed by atoms with Crippen LogP contribution in [-0.4, -0.2) is 40.1 Å². The van der Waals surface area contributed by atoms with Gasteiger partial charge in [0.15, 0.2) is 0 Å². The molecule has 6 heteroatoms. The number of fused-ring (bicyclic) bond motifs is 1. The second-order valence-electron chi connectivity index (χ2n) is 3.45. The number of rotatable bonds is 2. The van der Waals surface area contributed by atoms with Crippen molar-refractivity contribution in [2.45, 2.75) is 0 Å². The molecule has 2 aliphatic rings. The summed E-state index contributed by atoms with van der Waals surface area (Å²) >= 11 is 0. The summed E-state index contributed by atoms with van der Waals surface area (Å²) in [5, 5.41) is 11.5. The Kier molecular flexibility index (Phi) is 2.40. The predicted molar refractivity (Wildman–Crippen MR) is 55.5 cm³/mol. The van der Waals surface area contributed by atoms with Crippen LogP contribution in [0.1, 0.15) is 0 Å². The summed E-state index contributed by atoms with van der Waals surface area (Å²) in [5.41, 5.74) is 6.33. The van der Waals surface area contributed by atoms with Gasteiger partial charge in [0.25, 0.3) is 5.91 Å². The molecule has 0 saturated carbocycles. The molecule has 0 unspecified atom stereocenters. The lowest BCUT2D eigenvalue weighted by Gasteiger charge is -2.31. The monoisotopic (exact) mass is 221 g/mol. The molecule has 84 valence electrons. The van der Waals surface area contributed by atoms with Crippen LogP contribution in [0, 0.1) is 0 Å². The number of nitrogens with two attached hydrogens (primary N) is 1. The molecular formula is C10H11N3O3. The first-order valence-electron chi connectivity index (χ1n) is 4.74. The van der Waals surface area contributed by atoms with Gasteiger partial charge in [-0.1, -0.05) is 6.08 Å². The van der Waals surface area contributed by atoms with E-state index in [1.54, 1.807) is 11.1 Å². The third-order valence-corrected chi connectivity index (χ3v) is 2.36. The van der Waals surface area contributed by atoms with Crippen LogP contribution in [-0.2, 0) is 9.59 Å². The van der Waals surface area contributed by atoms with Gasteiger partial charge in [-0.3, -0.25) is 14.6 Å². The topological polar surface area (TPSA) is 86.9 Å². The summed E-state index contributed by atoms with van der Waals surface area (Å²) in [5.74, 6) is -1.56. The maximum atomic E-state index is 11.8. The quantitative estimate of drug-likeness (QED) is 0.651. The van der Waals surface area contributed by atoms with Crippen molar-refractivity contribution in [2.75, 3.05) is 13.1 Å². The number of hydrogen-bond donors (Lipinski definition) is 2. The molecule has 16 heavy (non-hydrogen) atoms. The molecule has 0 atom stereocenters. The highest BCUT2D eigenvalue weighted by atomic mass is 16.4. The van der Waals surface area contributed by atoms with E-state index in [0.717, 1.165) is 10.7 Å². The van der Waals surface area contributed by atoms with Gasteiger partial charge in [-0.05, 0) is 18.2 Å². The molecule has 2 aliphatic heterocycles. The van der Waals surface area contributed by atoms with E-state index in [9.17, 15) is 9.59 Å². The molecule has 0 aromatic rings. The number of hydrogen-bond acceptors (Lipinski definition) is 4. The number of carbonyl (C=O) groups excluding carboxylic acids is 1. The Morgan fingerprint density at radius 3 is 2.94 bits per heavy atom. The average Bonchev–Trinajstić information content (AvgIpc) is 2.65. The smallest absolute Gasteiger partial charge is 0.325 e. The number of aliphatic carboxylic acids is 1. The zero-order valence-electron chi connectivity index (χ0n) is 8.46. The number of allylic oxidation sites excluding steroid dienone is 3. The Hall–Kier alpha value is -2.24. The molecule has 0 fully saturated rings. The third kappa shape index (κ3) is 1.65. The van der Waals surface area contributed by atoms with Gasteiger partial charge in [0.2, 0.25) is 0 Å². The number of carboxylic acids is 1. The van der Waals surface area contributed by atoms with E-state index in [0.29, 0.717) is 6.54 Å². The lowest BCUT2D eigenvalue weighted by Crippen LogP contribution is -2.47. The van der Waals surface area contributed by atoms with Crippen LogP contribution in [0.3, 0.4) is 0 Å². The largest absolute Gasteiger partial charge is 0.480 e. The van der Waals surface area contributed by atoms with E-state index in [1.165, 1.54) is 6.08 Å². The van der Waals surface area contributed by atoms with E-state index in [4.69, 9.17) is 10.8 Å². The van der Waals surface area contributed by atoms with Gasteiger partial charge in [-0.25, -0.2) is 5.01 Å². The molecule has 0 radical (unpaired) electrons. The molecule has 0 aliphatic carbocycles. The highest BCUT2D eigenvalue weighted by molar-refractivity contribution is 5.94. The van der Waals surface area contributed by atoms with E-state index in [-0.39, 0.29) is 5.70 Å². The molecule has 0 aromatic heterocycles. The van der Waals surface area contributed by atoms with Crippen LogP contribution in [0.2, 0.25) is 0 Å². The molecule has 3 N–H and O–H groups in total. The SMILES string of the molecule is NC1=CC=C2C=CCN2N(CC(=O)O)C1=O. The van der Waals surface area contributed by atoms with Crippen molar-refractivity contribution in [1.82, 2.24) is 10.0 Å². The van der Waals surface area contributed by atoms with Gasteiger partial charge >= 0.3 is 5.97 Å². The molecule has 0 spiro atoms. The zero-order valence-corrected chi connectivity index (χ0v) is 8.46. The van der Waals surface area contributed by atoms with Crippen molar-refractivity contribution in [3.8, 4) is 0 Å². The molecule has 2 rings (SSSR count). The standard InChI is InChI=1S/C10H11N3O3/c11-8-4-3-7-2-1-5-12(7)13(10(8)16)6-9(14)15/h1-4H,5-6,11H2,(H,14,15). The minimum absolute atomic E-state index is 0.0385. The van der Waals surface area contributed by atoms with Crippen LogP contribution in [0.5, 0.6) is 0 Å². The molecule has 0 bridgehead atoms. The number of carboxylic acid groups (broad SMARTS) is 1. The first kappa shape index (κ1) is 10.3. The van der Waals surface area contributed by atoms with Crippen molar-refractivity contribution >= 4 is 11.9 Å². The Bertz CT molecular complexity index is 437. The predicted octanol–water partition coefficient (Wildman–Crippen LogP) is -0.573. The van der Waals surface area contributed by atoms with E-state index in [1.807, 2.05) is 12.2 Å². The van der Waals surface area contributed by atoms with Crippen molar-refractivity contribution in [3.05, 3.63) is 35.7 Å². The molecular weight excluding hydrogens is 210 g/mol. The van der Waals surface area contributed by atoms with E-state index in [2.05, 4.69) is 0 Å². The second kappa shape index (κ2) is 3.73. The number of hydrazine groups is 1. The van der Waals surface area contributed by atoms with Gasteiger partial charge < -0.3 is 10.8 Å². The Balaban J connectivity index is 2.33. The van der Waals surface area contributed by atoms with Crippen LogP contribution in [0.4, 0.5) is 0 Å². The number of carbonyl (C=O) groups is 2. The fraction of sp³-hybridized carbons (Fsp3) is 0.200. The summed E-state index contributed by atoms with van der Waals surface area (Å²) in [6.45, 7) is 0.0817. The number of amides is 1. The Labute approximate surface area is 91.9 Å². The maximum Gasteiger partial charge on any atom is 0.325 e. The number of nitrogens with zero attached hydrogens (tertiary/aromatic N) is 2. The first-order valence-corrected chi connectivity index (χ1v) is 4.74. The summed E-state index contributed by atoms with van der Waals surface area (Å²) in [4.78, 5) is 22.5. The van der Waals surface area contributed by atoms with Gasteiger partial charge in [-0.15, -0.1) is 0 Å². The fourth-order valence-corrected chi connectivity index (χ4v) is 1.63. The minimum atomic E-state index is -1.07. The summed E-state index contributed by atoms with van der Waals surface area (Å²) in [6, 6.07) is 0. The molecule has 1 amide bonds. The fourth-order valence-electron chi connectivity index (χ4n) is 1.63. The summed E-state index contributed by atoms with van der Waals surface area (Å²) < 4.78 is 0. The zero-order chi connectivity index (χ0) is 11.7. The molecule has 0 saturated heterocycles. The molecule has 6 nitrogen and oxygen atoms in total. The van der Waals surface area contributed by atoms with E-state index >= 15 is 0 Å². The lowest BCUT2D eigenvalue weighted by molar-refractivity contribution is -0.152. The maximum absolute atomic E-state index is 11.8. The summed E-state index contributed by atoms with van der Waals surface area (Å²) in [7, 11) is 0. The van der Waals surface area contributed by atoms with Crippen LogP contribution in [0.15, 0.2) is 35.7 Å². The van der Waals surface area contributed by atoms with Gasteiger partial charge in [-0.2, -0.15) is 0 Å². The second-order valence-corrected chi connectivity index (χ2v) is 3.45.